The van der Waals surface area contributed by atoms with E-state index in [2.05, 4.69) is 47.5 Å². The Morgan fingerprint density at radius 2 is 1.87 bits per heavy atom. The predicted octanol–water partition coefficient (Wildman–Crippen LogP) is 2.16. The Kier molecular flexibility index (Phi) is 6.58. The van der Waals surface area contributed by atoms with E-state index in [1.54, 1.807) is 7.11 Å². The van der Waals surface area contributed by atoms with Crippen LogP contribution in [0.1, 0.15) is 42.5 Å². The Balaban J connectivity index is 1.26. The van der Waals surface area contributed by atoms with Crippen molar-refractivity contribution in [2.24, 2.45) is 0 Å². The lowest BCUT2D eigenvalue weighted by molar-refractivity contribution is -0.892. The maximum atomic E-state index is 12.7. The van der Waals surface area contributed by atoms with Gasteiger partial charge in [-0.2, -0.15) is 0 Å². The summed E-state index contributed by atoms with van der Waals surface area (Å²) in [5, 5.41) is 3.22. The minimum absolute atomic E-state index is 0.0576. The van der Waals surface area contributed by atoms with E-state index in [0.29, 0.717) is 6.54 Å². The van der Waals surface area contributed by atoms with Crippen LogP contribution >= 0.6 is 0 Å². The molecule has 0 spiro atoms. The normalized spacial score (nSPS) is 17.9. The second-order valence-electron chi connectivity index (χ2n) is 8.64. The molecule has 2 aromatic rings. The molecule has 0 aromatic heterocycles. The zero-order valence-electron chi connectivity index (χ0n) is 18.2. The van der Waals surface area contributed by atoms with Gasteiger partial charge >= 0.3 is 0 Å². The Bertz CT molecular complexity index is 874. The third-order valence-electron chi connectivity index (χ3n) is 6.55. The summed E-state index contributed by atoms with van der Waals surface area (Å²) in [4.78, 5) is 16.4. The topological polar surface area (TPSA) is 46.0 Å². The van der Waals surface area contributed by atoms with E-state index in [-0.39, 0.29) is 11.9 Å². The molecule has 1 atom stereocenters. The van der Waals surface area contributed by atoms with E-state index < -0.39 is 0 Å². The first-order chi connectivity index (χ1) is 14.6. The first-order valence-electron chi connectivity index (χ1n) is 11.3. The molecular weight excluding hydrogens is 374 g/mol. The molecule has 1 aliphatic carbocycles. The highest BCUT2D eigenvalue weighted by molar-refractivity contribution is 5.77. The molecule has 5 nitrogen and oxygen atoms in total. The summed E-state index contributed by atoms with van der Waals surface area (Å²) in [7, 11) is 1.70. The van der Waals surface area contributed by atoms with Crippen LogP contribution < -0.4 is 19.9 Å². The number of nitrogens with one attached hydrogen (secondary N) is 2. The molecule has 2 aromatic carbocycles. The number of carbonyl (C=O) groups is 1. The van der Waals surface area contributed by atoms with Gasteiger partial charge in [-0.15, -0.1) is 0 Å². The molecule has 2 N–H and O–H groups in total. The van der Waals surface area contributed by atoms with Crippen molar-refractivity contribution in [3.05, 3.63) is 59.2 Å². The number of carbonyl (C=O) groups excluding carboxylic acids is 1. The maximum absolute atomic E-state index is 12.7. The molecule has 1 amide bonds. The van der Waals surface area contributed by atoms with Crippen molar-refractivity contribution < 1.29 is 14.4 Å². The number of aryl methyl sites for hydroxylation is 2. The second-order valence-corrected chi connectivity index (χ2v) is 8.64. The number of amides is 1. The van der Waals surface area contributed by atoms with Gasteiger partial charge in [-0.1, -0.05) is 24.3 Å². The number of piperazine rings is 1. The van der Waals surface area contributed by atoms with Crippen LogP contribution in [-0.2, 0) is 17.6 Å². The van der Waals surface area contributed by atoms with Crippen molar-refractivity contribution in [2.75, 3.05) is 44.7 Å². The van der Waals surface area contributed by atoms with Gasteiger partial charge in [0.05, 0.1) is 39.3 Å². The average molecular weight is 409 g/mol. The van der Waals surface area contributed by atoms with E-state index in [1.165, 1.54) is 53.0 Å². The van der Waals surface area contributed by atoms with Crippen LogP contribution in [0.5, 0.6) is 5.75 Å². The van der Waals surface area contributed by atoms with E-state index in [1.807, 2.05) is 12.1 Å². The molecular formula is C25H34N3O2+. The summed E-state index contributed by atoms with van der Waals surface area (Å²) in [6.45, 7) is 6.49. The standard InChI is InChI=1S/C25H33N3O2/c1-19(21-11-10-20-6-3-4-7-22(20)16-21)26-25(29)18-27-12-14-28(15-13-27)23-8-5-9-24(17-23)30-2/h5,8-11,16-17,19H,3-4,6-7,12-15,18H2,1-2H3,(H,26,29)/p+1/t19-/m1/s1. The van der Waals surface area contributed by atoms with Crippen LogP contribution in [-0.4, -0.2) is 45.7 Å². The van der Waals surface area contributed by atoms with Crippen molar-refractivity contribution in [3.63, 3.8) is 0 Å². The third kappa shape index (κ3) is 4.96. The minimum atomic E-state index is 0.0576. The molecule has 160 valence electrons. The molecule has 0 saturated carbocycles. The summed E-state index contributed by atoms with van der Waals surface area (Å²) in [6.07, 6.45) is 4.95. The highest BCUT2D eigenvalue weighted by Gasteiger charge is 2.23. The zero-order chi connectivity index (χ0) is 20.9. The van der Waals surface area contributed by atoms with Gasteiger partial charge in [0, 0.05) is 11.8 Å². The highest BCUT2D eigenvalue weighted by atomic mass is 16.5. The van der Waals surface area contributed by atoms with Gasteiger partial charge in [0.1, 0.15) is 5.75 Å². The Morgan fingerprint density at radius 1 is 1.10 bits per heavy atom. The molecule has 2 aliphatic rings. The van der Waals surface area contributed by atoms with Crippen molar-refractivity contribution in [2.45, 2.75) is 38.6 Å². The third-order valence-corrected chi connectivity index (χ3v) is 6.55. The summed E-state index contributed by atoms with van der Waals surface area (Å²) in [6, 6.07) is 15.0. The van der Waals surface area contributed by atoms with Gasteiger partial charge < -0.3 is 19.9 Å². The molecule has 1 aliphatic heterocycles. The van der Waals surface area contributed by atoms with Crippen molar-refractivity contribution in [1.82, 2.24) is 5.32 Å². The van der Waals surface area contributed by atoms with E-state index in [0.717, 1.165) is 31.9 Å². The van der Waals surface area contributed by atoms with Gasteiger partial charge in [0.15, 0.2) is 6.54 Å². The van der Waals surface area contributed by atoms with Crippen LogP contribution in [0.25, 0.3) is 0 Å². The summed E-state index contributed by atoms with van der Waals surface area (Å²) in [5.41, 5.74) is 5.38. The Hall–Kier alpha value is -2.53. The van der Waals surface area contributed by atoms with Crippen LogP contribution in [0.3, 0.4) is 0 Å². The van der Waals surface area contributed by atoms with Gasteiger partial charge in [-0.25, -0.2) is 0 Å². The van der Waals surface area contributed by atoms with Gasteiger partial charge in [0.25, 0.3) is 5.91 Å². The monoisotopic (exact) mass is 408 g/mol. The lowest BCUT2D eigenvalue weighted by Gasteiger charge is -2.33. The number of methoxy groups -OCH3 is 1. The molecule has 1 heterocycles. The largest absolute Gasteiger partial charge is 0.497 e. The summed E-state index contributed by atoms with van der Waals surface area (Å²) < 4.78 is 5.34. The average Bonchev–Trinajstić information content (AvgIpc) is 2.79. The highest BCUT2D eigenvalue weighted by Crippen LogP contribution is 2.25. The molecule has 0 bridgehead atoms. The molecule has 4 rings (SSSR count). The molecule has 1 saturated heterocycles. The quantitative estimate of drug-likeness (QED) is 0.770. The minimum Gasteiger partial charge on any atom is -0.497 e. The van der Waals surface area contributed by atoms with Gasteiger partial charge in [-0.05, 0) is 61.4 Å². The second kappa shape index (κ2) is 9.52. The van der Waals surface area contributed by atoms with Crippen LogP contribution in [0.15, 0.2) is 42.5 Å². The summed E-state index contributed by atoms with van der Waals surface area (Å²) in [5.74, 6) is 1.03. The van der Waals surface area contributed by atoms with Gasteiger partial charge in [0.2, 0.25) is 0 Å². The Morgan fingerprint density at radius 3 is 2.63 bits per heavy atom. The molecule has 0 unspecified atom stereocenters. The van der Waals surface area contributed by atoms with E-state index in [9.17, 15) is 4.79 Å². The number of nitrogens with zero attached hydrogens (tertiary/aromatic N) is 1. The van der Waals surface area contributed by atoms with Crippen LogP contribution in [0.2, 0.25) is 0 Å². The van der Waals surface area contributed by atoms with Crippen LogP contribution in [0, 0.1) is 0 Å². The maximum Gasteiger partial charge on any atom is 0.275 e. The fourth-order valence-corrected chi connectivity index (χ4v) is 4.69. The number of ether oxygens (including phenoxy) is 1. The van der Waals surface area contributed by atoms with Crippen molar-refractivity contribution in [3.8, 4) is 5.75 Å². The fraction of sp³-hybridized carbons (Fsp3) is 0.480. The van der Waals surface area contributed by atoms with Crippen molar-refractivity contribution in [1.29, 1.82) is 0 Å². The lowest BCUT2D eigenvalue weighted by Crippen LogP contribution is -3.15. The number of benzene rings is 2. The van der Waals surface area contributed by atoms with Gasteiger partial charge in [-0.3, -0.25) is 4.79 Å². The van der Waals surface area contributed by atoms with E-state index in [4.69, 9.17) is 4.74 Å². The first kappa shape index (κ1) is 20.7. The predicted molar refractivity (Wildman–Crippen MR) is 120 cm³/mol. The zero-order valence-corrected chi connectivity index (χ0v) is 18.2. The lowest BCUT2D eigenvalue weighted by atomic mass is 9.89. The van der Waals surface area contributed by atoms with E-state index >= 15 is 0 Å². The molecule has 30 heavy (non-hydrogen) atoms. The SMILES string of the molecule is COc1cccc(N2CC[NH+](CC(=O)N[C@H](C)c3ccc4c(c3)CCCC4)CC2)c1. The number of quaternary nitrogens is 1. The first-order valence-corrected chi connectivity index (χ1v) is 11.3. The number of rotatable bonds is 6. The molecule has 0 radical (unpaired) electrons. The number of anilines is 1. The van der Waals surface area contributed by atoms with Crippen LogP contribution in [0.4, 0.5) is 5.69 Å². The Labute approximate surface area is 180 Å². The molecule has 1 fully saturated rings. The van der Waals surface area contributed by atoms with Crippen molar-refractivity contribution >= 4 is 11.6 Å². The smallest absolute Gasteiger partial charge is 0.275 e. The summed E-state index contributed by atoms with van der Waals surface area (Å²) >= 11 is 0. The molecule has 5 heteroatoms. The number of hydrogen-bond acceptors (Lipinski definition) is 3. The number of hydrogen-bond donors (Lipinski definition) is 2. The number of fused-ring (bicyclic) bond motifs is 1. The fourth-order valence-electron chi connectivity index (χ4n) is 4.69.